The van der Waals surface area contributed by atoms with E-state index < -0.39 is 0 Å². The normalized spacial score (nSPS) is 12.2. The molecule has 1 N–H and O–H groups in total. The van der Waals surface area contributed by atoms with Crippen LogP contribution in [0.15, 0.2) is 40.9 Å². The van der Waals surface area contributed by atoms with Gasteiger partial charge >= 0.3 is 0 Å². The number of rotatable bonds is 5. The van der Waals surface area contributed by atoms with Gasteiger partial charge in [0.2, 0.25) is 0 Å². The number of nitrogens with one attached hydrogen (secondary N) is 1. The van der Waals surface area contributed by atoms with Gasteiger partial charge in [-0.2, -0.15) is 0 Å². The van der Waals surface area contributed by atoms with Crippen molar-refractivity contribution in [1.29, 1.82) is 0 Å². The van der Waals surface area contributed by atoms with Gasteiger partial charge in [0, 0.05) is 12.6 Å². The van der Waals surface area contributed by atoms with Gasteiger partial charge in [-0.25, -0.2) is 4.39 Å². The minimum atomic E-state index is -0.159. The molecule has 0 aromatic heterocycles. The summed E-state index contributed by atoms with van der Waals surface area (Å²) in [6.07, 6.45) is 0. The summed E-state index contributed by atoms with van der Waals surface area (Å²) in [5.41, 5.74) is 2.76. The zero-order valence-electron chi connectivity index (χ0n) is 12.4. The van der Waals surface area contributed by atoms with Crippen LogP contribution in [0.5, 0.6) is 5.75 Å². The molecular formula is C17H19BrFNO. The number of hydrogen-bond donors (Lipinski definition) is 1. The van der Waals surface area contributed by atoms with Crippen LogP contribution < -0.4 is 10.1 Å². The number of benzene rings is 2. The Balaban J connectivity index is 2.01. The maximum atomic E-state index is 13.6. The molecule has 0 spiro atoms. The third kappa shape index (κ3) is 4.05. The highest BCUT2D eigenvalue weighted by Gasteiger charge is 2.08. The SMILES string of the molecule is COc1ccc(CNC(C)c2ccc(C)c(F)c2)cc1Br. The molecule has 0 heterocycles. The summed E-state index contributed by atoms with van der Waals surface area (Å²) in [5.74, 6) is 0.653. The Kier molecular flexibility index (Phi) is 5.37. The number of aryl methyl sites for hydroxylation is 1. The van der Waals surface area contributed by atoms with E-state index in [0.717, 1.165) is 21.3 Å². The van der Waals surface area contributed by atoms with Crippen LogP contribution in [0, 0.1) is 12.7 Å². The first-order chi connectivity index (χ1) is 10.0. The van der Waals surface area contributed by atoms with E-state index in [0.29, 0.717) is 12.1 Å². The molecule has 1 atom stereocenters. The van der Waals surface area contributed by atoms with Gasteiger partial charge in [0.15, 0.2) is 0 Å². The lowest BCUT2D eigenvalue weighted by atomic mass is 10.1. The maximum absolute atomic E-state index is 13.6. The van der Waals surface area contributed by atoms with E-state index in [1.807, 2.05) is 37.3 Å². The zero-order chi connectivity index (χ0) is 15.4. The molecular weight excluding hydrogens is 333 g/mol. The fourth-order valence-corrected chi connectivity index (χ4v) is 2.68. The van der Waals surface area contributed by atoms with Crippen molar-refractivity contribution in [2.45, 2.75) is 26.4 Å². The molecule has 0 aliphatic rings. The van der Waals surface area contributed by atoms with Crippen LogP contribution in [0.4, 0.5) is 4.39 Å². The van der Waals surface area contributed by atoms with Gasteiger partial charge in [0.1, 0.15) is 11.6 Å². The molecule has 21 heavy (non-hydrogen) atoms. The van der Waals surface area contributed by atoms with Crippen molar-refractivity contribution in [1.82, 2.24) is 5.32 Å². The average Bonchev–Trinajstić information content (AvgIpc) is 2.47. The van der Waals surface area contributed by atoms with Crippen LogP contribution in [0.1, 0.15) is 29.7 Å². The second-order valence-corrected chi connectivity index (χ2v) is 5.93. The van der Waals surface area contributed by atoms with Crippen LogP contribution in [-0.2, 0) is 6.54 Å². The molecule has 1 unspecified atom stereocenters. The lowest BCUT2D eigenvalue weighted by Gasteiger charge is -2.15. The fourth-order valence-electron chi connectivity index (χ4n) is 2.09. The molecule has 2 rings (SSSR count). The first-order valence-electron chi connectivity index (χ1n) is 6.83. The van der Waals surface area contributed by atoms with E-state index >= 15 is 0 Å². The molecule has 112 valence electrons. The first kappa shape index (κ1) is 16.0. The fraction of sp³-hybridized carbons (Fsp3) is 0.294. The van der Waals surface area contributed by atoms with E-state index in [2.05, 4.69) is 21.2 Å². The molecule has 0 bridgehead atoms. The van der Waals surface area contributed by atoms with Gasteiger partial charge < -0.3 is 10.1 Å². The number of methoxy groups -OCH3 is 1. The molecule has 0 radical (unpaired) electrons. The smallest absolute Gasteiger partial charge is 0.133 e. The van der Waals surface area contributed by atoms with Crippen LogP contribution in [0.3, 0.4) is 0 Å². The Morgan fingerprint density at radius 2 is 2.00 bits per heavy atom. The van der Waals surface area contributed by atoms with Crippen molar-refractivity contribution in [3.63, 3.8) is 0 Å². The highest BCUT2D eigenvalue weighted by Crippen LogP contribution is 2.26. The summed E-state index contributed by atoms with van der Waals surface area (Å²) < 4.78 is 19.7. The third-order valence-corrected chi connectivity index (χ3v) is 4.14. The van der Waals surface area contributed by atoms with Crippen molar-refractivity contribution in [2.75, 3.05) is 7.11 Å². The molecule has 0 amide bonds. The standard InChI is InChI=1S/C17H19BrFNO/c1-11-4-6-14(9-16(11)19)12(2)20-10-13-5-7-17(21-3)15(18)8-13/h4-9,12,20H,10H2,1-3H3. The summed E-state index contributed by atoms with van der Waals surface area (Å²) in [5, 5.41) is 3.40. The Bertz CT molecular complexity index is 630. The van der Waals surface area contributed by atoms with E-state index in [9.17, 15) is 4.39 Å². The van der Waals surface area contributed by atoms with Crippen LogP contribution in [-0.4, -0.2) is 7.11 Å². The molecule has 0 saturated carbocycles. The summed E-state index contributed by atoms with van der Waals surface area (Å²) >= 11 is 3.47. The van der Waals surface area contributed by atoms with Gasteiger partial charge in [-0.05, 0) is 64.7 Å². The van der Waals surface area contributed by atoms with Crippen molar-refractivity contribution < 1.29 is 9.13 Å². The molecule has 2 aromatic rings. The lowest BCUT2D eigenvalue weighted by molar-refractivity contribution is 0.412. The number of hydrogen-bond acceptors (Lipinski definition) is 2. The lowest BCUT2D eigenvalue weighted by Crippen LogP contribution is -2.18. The summed E-state index contributed by atoms with van der Waals surface area (Å²) in [7, 11) is 1.64. The second kappa shape index (κ2) is 7.05. The molecule has 2 aromatic carbocycles. The van der Waals surface area contributed by atoms with E-state index in [4.69, 9.17) is 4.74 Å². The Hall–Kier alpha value is -1.39. The van der Waals surface area contributed by atoms with Crippen molar-refractivity contribution in [3.8, 4) is 5.75 Å². The summed E-state index contributed by atoms with van der Waals surface area (Å²) in [4.78, 5) is 0. The Morgan fingerprint density at radius 3 is 2.62 bits per heavy atom. The third-order valence-electron chi connectivity index (χ3n) is 3.52. The largest absolute Gasteiger partial charge is 0.496 e. The van der Waals surface area contributed by atoms with Crippen molar-refractivity contribution in [3.05, 3.63) is 63.4 Å². The predicted molar refractivity (Wildman–Crippen MR) is 87.1 cm³/mol. The van der Waals surface area contributed by atoms with E-state index in [1.54, 1.807) is 20.1 Å². The van der Waals surface area contributed by atoms with E-state index in [1.165, 1.54) is 0 Å². The maximum Gasteiger partial charge on any atom is 0.133 e. The van der Waals surface area contributed by atoms with Gasteiger partial charge in [-0.1, -0.05) is 18.2 Å². The van der Waals surface area contributed by atoms with Gasteiger partial charge in [0.05, 0.1) is 11.6 Å². The Labute approximate surface area is 133 Å². The minimum Gasteiger partial charge on any atom is -0.496 e. The molecule has 4 heteroatoms. The van der Waals surface area contributed by atoms with Crippen LogP contribution in [0.2, 0.25) is 0 Å². The Morgan fingerprint density at radius 1 is 1.24 bits per heavy atom. The van der Waals surface area contributed by atoms with Crippen LogP contribution in [0.25, 0.3) is 0 Å². The second-order valence-electron chi connectivity index (χ2n) is 5.08. The van der Waals surface area contributed by atoms with Crippen molar-refractivity contribution in [2.24, 2.45) is 0 Å². The average molecular weight is 352 g/mol. The molecule has 2 nitrogen and oxygen atoms in total. The monoisotopic (exact) mass is 351 g/mol. The van der Waals surface area contributed by atoms with Gasteiger partial charge in [0.25, 0.3) is 0 Å². The van der Waals surface area contributed by atoms with Gasteiger partial charge in [-0.15, -0.1) is 0 Å². The topological polar surface area (TPSA) is 21.3 Å². The molecule has 0 aliphatic carbocycles. The number of ether oxygens (including phenoxy) is 1. The first-order valence-corrected chi connectivity index (χ1v) is 7.62. The summed E-state index contributed by atoms with van der Waals surface area (Å²) in [6, 6.07) is 11.4. The molecule has 0 fully saturated rings. The molecule has 0 aliphatic heterocycles. The summed E-state index contributed by atoms with van der Waals surface area (Å²) in [6.45, 7) is 4.51. The molecule has 0 saturated heterocycles. The predicted octanol–water partition coefficient (Wildman–Crippen LogP) is 4.76. The number of halogens is 2. The van der Waals surface area contributed by atoms with E-state index in [-0.39, 0.29) is 11.9 Å². The highest BCUT2D eigenvalue weighted by atomic mass is 79.9. The van der Waals surface area contributed by atoms with Crippen LogP contribution >= 0.6 is 15.9 Å². The quantitative estimate of drug-likeness (QED) is 0.838. The zero-order valence-corrected chi connectivity index (χ0v) is 14.0. The van der Waals surface area contributed by atoms with Crippen molar-refractivity contribution >= 4 is 15.9 Å². The minimum absolute atomic E-state index is 0.0842. The van der Waals surface area contributed by atoms with Gasteiger partial charge in [-0.3, -0.25) is 0 Å². The highest BCUT2D eigenvalue weighted by molar-refractivity contribution is 9.10.